The van der Waals surface area contributed by atoms with Crippen molar-refractivity contribution in [2.45, 2.75) is 30.0 Å². The van der Waals surface area contributed by atoms with E-state index in [9.17, 15) is 14.7 Å². The van der Waals surface area contributed by atoms with Crippen LogP contribution in [0.5, 0.6) is 5.75 Å². The predicted octanol–water partition coefficient (Wildman–Crippen LogP) is 6.90. The normalized spacial score (nSPS) is 15.1. The van der Waals surface area contributed by atoms with Crippen LogP contribution in [-0.2, 0) is 10.5 Å². The fraction of sp³-hybridized carbons (Fsp3) is 0.179. The van der Waals surface area contributed by atoms with E-state index >= 15 is 0 Å². The highest BCUT2D eigenvalue weighted by atomic mass is 35.5. The predicted molar refractivity (Wildman–Crippen MR) is 159 cm³/mol. The lowest BCUT2D eigenvalue weighted by Crippen LogP contribution is -2.31. The Morgan fingerprint density at radius 3 is 2.73 bits per heavy atom. The molecule has 204 valence electrons. The van der Waals surface area contributed by atoms with Crippen molar-refractivity contribution in [3.05, 3.63) is 104 Å². The molecule has 0 saturated heterocycles. The zero-order valence-corrected chi connectivity index (χ0v) is 24.7. The zero-order valence-electron chi connectivity index (χ0n) is 21.5. The quantitative estimate of drug-likeness (QED) is 0.0894. The van der Waals surface area contributed by atoms with Crippen molar-refractivity contribution in [3.8, 4) is 5.75 Å². The summed E-state index contributed by atoms with van der Waals surface area (Å²) < 4.78 is 6.32. The minimum atomic E-state index is -0.955. The SMILES string of the molecule is C=CCOc1cccc(C2C(C(=O)c3sc(C)nc3C)=C(O)C(=O)N2c2nnc(SCc3ccccc3Cl)s2)c1. The number of rotatable bonds is 10. The van der Waals surface area contributed by atoms with Gasteiger partial charge >= 0.3 is 0 Å². The van der Waals surface area contributed by atoms with Crippen LogP contribution in [0.2, 0.25) is 5.02 Å². The summed E-state index contributed by atoms with van der Waals surface area (Å²) in [5.41, 5.74) is 2.01. The van der Waals surface area contributed by atoms with Gasteiger partial charge in [-0.15, -0.1) is 21.5 Å². The van der Waals surface area contributed by atoms with Gasteiger partial charge in [0.15, 0.2) is 10.1 Å². The molecule has 12 heteroatoms. The number of hydrogen-bond donors (Lipinski definition) is 1. The van der Waals surface area contributed by atoms with Gasteiger partial charge in [-0.1, -0.05) is 77.7 Å². The highest BCUT2D eigenvalue weighted by Crippen LogP contribution is 2.45. The lowest BCUT2D eigenvalue weighted by atomic mass is 9.95. The van der Waals surface area contributed by atoms with Crippen LogP contribution in [0.15, 0.2) is 76.9 Å². The molecule has 0 radical (unpaired) electrons. The number of aryl methyl sites for hydroxylation is 2. The number of aliphatic hydroxyl groups excluding tert-OH is 1. The van der Waals surface area contributed by atoms with Crippen molar-refractivity contribution in [3.63, 3.8) is 0 Å². The number of halogens is 1. The summed E-state index contributed by atoms with van der Waals surface area (Å²) in [6.45, 7) is 7.49. The number of ketones is 1. The number of carbonyl (C=O) groups is 2. The molecular formula is C28H23ClN4O4S3. The molecule has 0 saturated carbocycles. The van der Waals surface area contributed by atoms with E-state index in [0.29, 0.717) is 42.0 Å². The Labute approximate surface area is 248 Å². The summed E-state index contributed by atoms with van der Waals surface area (Å²) >= 11 is 10.1. The molecular weight excluding hydrogens is 588 g/mol. The van der Waals surface area contributed by atoms with Crippen LogP contribution >= 0.6 is 46.0 Å². The number of Topliss-reactive ketones (excluding diaryl/α,β-unsaturated/α-hetero) is 1. The number of ether oxygens (including phenoxy) is 1. The van der Waals surface area contributed by atoms with Crippen molar-refractivity contribution in [1.82, 2.24) is 15.2 Å². The molecule has 1 amide bonds. The minimum Gasteiger partial charge on any atom is -0.503 e. The van der Waals surface area contributed by atoms with Crippen molar-refractivity contribution in [2.75, 3.05) is 11.5 Å². The van der Waals surface area contributed by atoms with Gasteiger partial charge in [0, 0.05) is 10.8 Å². The third-order valence-electron chi connectivity index (χ3n) is 6.02. The molecule has 8 nitrogen and oxygen atoms in total. The Bertz CT molecular complexity index is 1650. The standard InChI is InChI=1S/C28H23ClN4O4S3/c1-4-12-37-19-10-7-9-17(13-19)22-21(23(34)25-15(2)30-16(3)39-25)24(35)26(36)33(22)27-31-32-28(40-27)38-14-18-8-5-6-11-20(18)29/h4-11,13,22,35H,1,12,14H2,2-3H3. The van der Waals surface area contributed by atoms with Gasteiger partial charge < -0.3 is 9.84 Å². The van der Waals surface area contributed by atoms with Crippen LogP contribution in [0.4, 0.5) is 5.13 Å². The van der Waals surface area contributed by atoms with Gasteiger partial charge in [0.2, 0.25) is 10.9 Å². The molecule has 1 aliphatic heterocycles. The Hall–Kier alpha value is -3.51. The Morgan fingerprint density at radius 2 is 2.00 bits per heavy atom. The number of thiazole rings is 1. The van der Waals surface area contributed by atoms with E-state index in [0.717, 1.165) is 5.56 Å². The highest BCUT2D eigenvalue weighted by molar-refractivity contribution is 8.00. The molecule has 3 heterocycles. The van der Waals surface area contributed by atoms with Gasteiger partial charge in [-0.05, 0) is 43.2 Å². The third kappa shape index (κ3) is 5.55. The molecule has 1 aliphatic rings. The van der Waals surface area contributed by atoms with E-state index in [-0.39, 0.29) is 17.3 Å². The summed E-state index contributed by atoms with van der Waals surface area (Å²) in [7, 11) is 0. The molecule has 40 heavy (non-hydrogen) atoms. The zero-order chi connectivity index (χ0) is 28.4. The smallest absolute Gasteiger partial charge is 0.296 e. The van der Waals surface area contributed by atoms with Crippen molar-refractivity contribution < 1.29 is 19.4 Å². The maximum atomic E-state index is 13.8. The minimum absolute atomic E-state index is 0.0434. The number of nitrogens with zero attached hydrogens (tertiary/aromatic N) is 4. The fourth-order valence-electron chi connectivity index (χ4n) is 4.26. The number of hydrogen-bond acceptors (Lipinski definition) is 10. The number of aromatic nitrogens is 3. The van der Waals surface area contributed by atoms with Gasteiger partial charge in [-0.3, -0.25) is 14.5 Å². The van der Waals surface area contributed by atoms with Crippen LogP contribution in [0, 0.1) is 13.8 Å². The van der Waals surface area contributed by atoms with Gasteiger partial charge in [0.05, 0.1) is 27.2 Å². The van der Waals surface area contributed by atoms with Crippen LogP contribution < -0.4 is 9.64 Å². The second kappa shape index (κ2) is 11.9. The third-order valence-corrected chi connectivity index (χ3v) is 9.56. The Balaban J connectivity index is 1.53. The molecule has 2 aromatic carbocycles. The Morgan fingerprint density at radius 1 is 1.20 bits per heavy atom. The largest absolute Gasteiger partial charge is 0.503 e. The number of carbonyl (C=O) groups excluding carboxylic acids is 2. The average molecular weight is 611 g/mol. The summed E-state index contributed by atoms with van der Waals surface area (Å²) in [6.07, 6.45) is 1.62. The topological polar surface area (TPSA) is 106 Å². The second-order valence-corrected chi connectivity index (χ2v) is 12.5. The maximum absolute atomic E-state index is 13.8. The summed E-state index contributed by atoms with van der Waals surface area (Å²) in [5, 5.41) is 21.2. The number of anilines is 1. The van der Waals surface area contributed by atoms with Gasteiger partial charge in [-0.25, -0.2) is 4.98 Å². The van der Waals surface area contributed by atoms with Gasteiger partial charge in [-0.2, -0.15) is 0 Å². The summed E-state index contributed by atoms with van der Waals surface area (Å²) in [6, 6.07) is 13.6. The molecule has 0 bridgehead atoms. The van der Waals surface area contributed by atoms with E-state index in [1.807, 2.05) is 24.3 Å². The first-order valence-corrected chi connectivity index (χ1v) is 15.1. The lowest BCUT2D eigenvalue weighted by Gasteiger charge is -2.24. The first kappa shape index (κ1) is 28.0. The van der Waals surface area contributed by atoms with Crippen molar-refractivity contribution in [2.24, 2.45) is 0 Å². The first-order valence-electron chi connectivity index (χ1n) is 12.1. The summed E-state index contributed by atoms with van der Waals surface area (Å²) in [4.78, 5) is 33.4. The van der Waals surface area contributed by atoms with Crippen LogP contribution in [0.25, 0.3) is 0 Å². The van der Waals surface area contributed by atoms with E-state index < -0.39 is 23.5 Å². The fourth-order valence-corrected chi connectivity index (χ4v) is 7.28. The first-order chi connectivity index (χ1) is 19.3. The van der Waals surface area contributed by atoms with Gasteiger partial charge in [0.25, 0.3) is 5.91 Å². The molecule has 1 atom stereocenters. The Kier molecular flexibility index (Phi) is 8.36. The van der Waals surface area contributed by atoms with Crippen LogP contribution in [0.3, 0.4) is 0 Å². The van der Waals surface area contributed by atoms with E-state index in [1.165, 1.54) is 39.3 Å². The van der Waals surface area contributed by atoms with Crippen molar-refractivity contribution in [1.29, 1.82) is 0 Å². The van der Waals surface area contributed by atoms with E-state index in [2.05, 4.69) is 21.8 Å². The van der Waals surface area contributed by atoms with Gasteiger partial charge in [0.1, 0.15) is 12.4 Å². The molecule has 0 spiro atoms. The molecule has 4 aromatic rings. The lowest BCUT2D eigenvalue weighted by molar-refractivity contribution is -0.117. The monoisotopic (exact) mass is 610 g/mol. The van der Waals surface area contributed by atoms with Crippen molar-refractivity contribution >= 4 is 62.9 Å². The maximum Gasteiger partial charge on any atom is 0.296 e. The van der Waals surface area contributed by atoms with E-state index in [1.54, 1.807) is 44.2 Å². The molecule has 5 rings (SSSR count). The summed E-state index contributed by atoms with van der Waals surface area (Å²) in [5.74, 6) is -0.731. The number of amides is 1. The average Bonchev–Trinajstić information content (AvgIpc) is 3.62. The molecule has 2 aromatic heterocycles. The molecule has 0 fully saturated rings. The van der Waals surface area contributed by atoms with Crippen LogP contribution in [-0.4, -0.2) is 38.6 Å². The molecule has 1 N–H and O–H groups in total. The number of aliphatic hydroxyl groups is 1. The van der Waals surface area contributed by atoms with Crippen LogP contribution in [0.1, 0.15) is 37.5 Å². The van der Waals surface area contributed by atoms with E-state index in [4.69, 9.17) is 16.3 Å². The number of benzene rings is 2. The highest BCUT2D eigenvalue weighted by Gasteiger charge is 2.46. The second-order valence-electron chi connectivity index (χ2n) is 8.72. The number of thioether (sulfide) groups is 1. The molecule has 0 aliphatic carbocycles. The molecule has 1 unspecified atom stereocenters.